The monoisotopic (exact) mass is 372 g/mol. The summed E-state index contributed by atoms with van der Waals surface area (Å²) in [5, 5.41) is 11.3. The van der Waals surface area contributed by atoms with Gasteiger partial charge in [-0.2, -0.15) is 26.3 Å². The first-order chi connectivity index (χ1) is 11.5. The highest BCUT2D eigenvalue weighted by Gasteiger charge is 2.30. The average Bonchev–Trinajstić information content (AvgIpc) is 2.52. The van der Waals surface area contributed by atoms with E-state index in [1.807, 2.05) is 0 Å². The predicted molar refractivity (Wildman–Crippen MR) is 79.4 cm³/mol. The fraction of sp³-hybridized carbons (Fsp3) is 0.400. The summed E-state index contributed by atoms with van der Waals surface area (Å²) in [4.78, 5) is 11.4. The second-order valence-electron chi connectivity index (χ2n) is 4.72. The number of allylic oxidation sites excluding steroid dienone is 1. The van der Waals surface area contributed by atoms with Crippen LogP contribution in [-0.2, 0) is 12.7 Å². The predicted octanol–water partition coefficient (Wildman–Crippen LogP) is 3.97. The third kappa shape index (κ3) is 10.3. The zero-order valence-corrected chi connectivity index (χ0v) is 13.3. The van der Waals surface area contributed by atoms with Gasteiger partial charge in [-0.1, -0.05) is 18.7 Å². The summed E-state index contributed by atoms with van der Waals surface area (Å²) in [5.41, 5.74) is -0.786. The van der Waals surface area contributed by atoms with E-state index < -0.39 is 36.8 Å². The van der Waals surface area contributed by atoms with Gasteiger partial charge in [0, 0.05) is 25.8 Å². The Morgan fingerprint density at radius 2 is 1.76 bits per heavy atom. The van der Waals surface area contributed by atoms with E-state index in [2.05, 4.69) is 17.2 Å². The van der Waals surface area contributed by atoms with Crippen LogP contribution in [0.4, 0.5) is 31.1 Å². The Kier molecular flexibility index (Phi) is 9.03. The SMILES string of the molecule is C=C(CCC(F)(F)F)NC(=O)NCc1cccc(C(F)(F)F)c1.CO. The van der Waals surface area contributed by atoms with Crippen molar-refractivity contribution in [2.75, 3.05) is 7.11 Å². The lowest BCUT2D eigenvalue weighted by molar-refractivity contribution is -0.137. The van der Waals surface area contributed by atoms with Crippen molar-refractivity contribution in [1.29, 1.82) is 0 Å². The van der Waals surface area contributed by atoms with Crippen LogP contribution in [0.25, 0.3) is 0 Å². The van der Waals surface area contributed by atoms with Crippen LogP contribution in [0.3, 0.4) is 0 Å². The number of rotatable bonds is 5. The number of amides is 2. The lowest BCUT2D eigenvalue weighted by Crippen LogP contribution is -2.34. The van der Waals surface area contributed by atoms with E-state index in [1.54, 1.807) is 0 Å². The Hall–Kier alpha value is -2.23. The third-order valence-corrected chi connectivity index (χ3v) is 2.71. The number of halogens is 6. The molecule has 0 saturated heterocycles. The molecule has 0 saturated carbocycles. The summed E-state index contributed by atoms with van der Waals surface area (Å²) in [6, 6.07) is 3.50. The molecule has 0 aromatic heterocycles. The summed E-state index contributed by atoms with van der Waals surface area (Å²) in [7, 11) is 1.00. The van der Waals surface area contributed by atoms with Crippen LogP contribution in [0.2, 0.25) is 0 Å². The molecular formula is C15H18F6N2O2. The molecule has 142 valence electrons. The van der Waals surface area contributed by atoms with Crippen molar-refractivity contribution < 1.29 is 36.2 Å². The highest BCUT2D eigenvalue weighted by atomic mass is 19.4. The number of hydrogen-bond donors (Lipinski definition) is 3. The molecular weight excluding hydrogens is 354 g/mol. The van der Waals surface area contributed by atoms with E-state index >= 15 is 0 Å². The highest BCUT2D eigenvalue weighted by molar-refractivity contribution is 5.75. The van der Waals surface area contributed by atoms with Gasteiger partial charge in [-0.15, -0.1) is 0 Å². The van der Waals surface area contributed by atoms with Crippen LogP contribution in [-0.4, -0.2) is 24.4 Å². The number of alkyl halides is 6. The second kappa shape index (κ2) is 9.92. The molecule has 10 heteroatoms. The Balaban J connectivity index is 0.00000277. The van der Waals surface area contributed by atoms with E-state index in [1.165, 1.54) is 12.1 Å². The molecule has 25 heavy (non-hydrogen) atoms. The van der Waals surface area contributed by atoms with Crippen molar-refractivity contribution in [1.82, 2.24) is 10.6 Å². The molecule has 0 atom stereocenters. The molecule has 2 amide bonds. The highest BCUT2D eigenvalue weighted by Crippen LogP contribution is 2.29. The van der Waals surface area contributed by atoms with Crippen molar-refractivity contribution in [2.24, 2.45) is 0 Å². The lowest BCUT2D eigenvalue weighted by atomic mass is 10.1. The van der Waals surface area contributed by atoms with E-state index in [9.17, 15) is 31.1 Å². The first-order valence-electron chi connectivity index (χ1n) is 6.87. The summed E-state index contributed by atoms with van der Waals surface area (Å²) < 4.78 is 73.5. The Bertz CT molecular complexity index is 570. The summed E-state index contributed by atoms with van der Waals surface area (Å²) in [5.74, 6) is 0. The first-order valence-corrected chi connectivity index (χ1v) is 6.87. The molecule has 1 aromatic carbocycles. The molecule has 0 aliphatic heterocycles. The molecule has 1 rings (SSSR count). The standard InChI is InChI=1S/C14H14F6N2O.CH4O/c1-9(5-6-13(15,16)17)22-12(23)21-8-10-3-2-4-11(7-10)14(18,19)20;1-2/h2-4,7H,1,5-6,8H2,(H2,21,22,23);2H,1H3. The van der Waals surface area contributed by atoms with Gasteiger partial charge in [0.05, 0.1) is 5.56 Å². The van der Waals surface area contributed by atoms with E-state index in [0.717, 1.165) is 19.2 Å². The Labute approximate surface area is 140 Å². The molecule has 0 aliphatic carbocycles. The minimum absolute atomic E-state index is 0.135. The molecule has 1 aromatic rings. The molecule has 0 aliphatic rings. The smallest absolute Gasteiger partial charge is 0.400 e. The van der Waals surface area contributed by atoms with Gasteiger partial charge in [-0.05, 0) is 24.1 Å². The summed E-state index contributed by atoms with van der Waals surface area (Å²) >= 11 is 0. The van der Waals surface area contributed by atoms with Crippen LogP contribution < -0.4 is 10.6 Å². The van der Waals surface area contributed by atoms with Gasteiger partial charge in [0.25, 0.3) is 0 Å². The van der Waals surface area contributed by atoms with Crippen LogP contribution in [0, 0.1) is 0 Å². The molecule has 0 bridgehead atoms. The third-order valence-electron chi connectivity index (χ3n) is 2.71. The molecule has 0 heterocycles. The maximum atomic E-state index is 12.5. The minimum atomic E-state index is -4.50. The van der Waals surface area contributed by atoms with E-state index in [4.69, 9.17) is 5.11 Å². The van der Waals surface area contributed by atoms with Crippen LogP contribution in [0.5, 0.6) is 0 Å². The largest absolute Gasteiger partial charge is 0.416 e. The molecule has 0 fully saturated rings. The number of carbonyl (C=O) groups is 1. The molecule has 0 unspecified atom stereocenters. The molecule has 0 radical (unpaired) electrons. The number of hydrogen-bond acceptors (Lipinski definition) is 2. The van der Waals surface area contributed by atoms with Crippen molar-refractivity contribution in [2.45, 2.75) is 31.7 Å². The normalized spacial score (nSPS) is 11.2. The summed E-state index contributed by atoms with van der Waals surface area (Å²) in [6.07, 6.45) is -10.5. The average molecular weight is 372 g/mol. The van der Waals surface area contributed by atoms with Gasteiger partial charge >= 0.3 is 18.4 Å². The Morgan fingerprint density at radius 3 is 2.28 bits per heavy atom. The number of carbonyl (C=O) groups excluding carboxylic acids is 1. The van der Waals surface area contributed by atoms with Gasteiger partial charge in [-0.3, -0.25) is 0 Å². The second-order valence-corrected chi connectivity index (χ2v) is 4.72. The van der Waals surface area contributed by atoms with Crippen molar-refractivity contribution in [3.63, 3.8) is 0 Å². The van der Waals surface area contributed by atoms with Crippen molar-refractivity contribution in [3.8, 4) is 0 Å². The van der Waals surface area contributed by atoms with E-state index in [-0.39, 0.29) is 17.8 Å². The lowest BCUT2D eigenvalue weighted by Gasteiger charge is -2.12. The van der Waals surface area contributed by atoms with Gasteiger partial charge < -0.3 is 15.7 Å². The van der Waals surface area contributed by atoms with Crippen molar-refractivity contribution in [3.05, 3.63) is 47.7 Å². The van der Waals surface area contributed by atoms with Crippen LogP contribution in [0.1, 0.15) is 24.0 Å². The van der Waals surface area contributed by atoms with Gasteiger partial charge in [0.1, 0.15) is 0 Å². The van der Waals surface area contributed by atoms with E-state index in [0.29, 0.717) is 0 Å². The number of nitrogens with one attached hydrogen (secondary N) is 2. The fourth-order valence-corrected chi connectivity index (χ4v) is 1.60. The maximum Gasteiger partial charge on any atom is 0.416 e. The number of urea groups is 1. The molecule has 0 spiro atoms. The van der Waals surface area contributed by atoms with Gasteiger partial charge in [-0.25, -0.2) is 4.79 Å². The van der Waals surface area contributed by atoms with Crippen molar-refractivity contribution >= 4 is 6.03 Å². The first kappa shape index (κ1) is 22.8. The number of benzene rings is 1. The van der Waals surface area contributed by atoms with Gasteiger partial charge in [0.2, 0.25) is 0 Å². The summed E-state index contributed by atoms with van der Waals surface area (Å²) in [6.45, 7) is 3.07. The van der Waals surface area contributed by atoms with Crippen LogP contribution >= 0.6 is 0 Å². The topological polar surface area (TPSA) is 61.4 Å². The fourth-order valence-electron chi connectivity index (χ4n) is 1.60. The van der Waals surface area contributed by atoms with Crippen LogP contribution in [0.15, 0.2) is 36.5 Å². The molecule has 4 nitrogen and oxygen atoms in total. The molecule has 3 N–H and O–H groups in total. The minimum Gasteiger partial charge on any atom is -0.400 e. The zero-order chi connectivity index (χ0) is 19.7. The van der Waals surface area contributed by atoms with Gasteiger partial charge in [0.15, 0.2) is 0 Å². The number of aliphatic hydroxyl groups is 1. The maximum absolute atomic E-state index is 12.5. The Morgan fingerprint density at radius 1 is 1.16 bits per heavy atom. The quantitative estimate of drug-likeness (QED) is 0.685. The zero-order valence-electron chi connectivity index (χ0n) is 13.3. The number of aliphatic hydroxyl groups excluding tert-OH is 1.